The number of rotatable bonds is 18. The lowest BCUT2D eigenvalue weighted by atomic mass is 9.81. The van der Waals surface area contributed by atoms with Crippen LogP contribution in [0.2, 0.25) is 0 Å². The number of allylic oxidation sites excluding steroid dienone is 2. The van der Waals surface area contributed by atoms with Gasteiger partial charge in [-0.25, -0.2) is 0 Å². The fraction of sp³-hybridized carbons (Fsp3) is 0.526. The van der Waals surface area contributed by atoms with Crippen LogP contribution in [0.3, 0.4) is 0 Å². The van der Waals surface area contributed by atoms with Crippen LogP contribution >= 0.6 is 0 Å². The topological polar surface area (TPSA) is 157 Å². The molecule has 50 heavy (non-hydrogen) atoms. The van der Waals surface area contributed by atoms with E-state index in [0.717, 1.165) is 24.8 Å². The highest BCUT2D eigenvalue weighted by molar-refractivity contribution is 7.87. The molecule has 5 N–H and O–H groups in total. The highest BCUT2D eigenvalue weighted by Crippen LogP contribution is 2.33. The van der Waals surface area contributed by atoms with Gasteiger partial charge in [-0.1, -0.05) is 86.7 Å². The molecule has 4 rings (SSSR count). The maximum atomic E-state index is 13.9. The minimum atomic E-state index is -4.05. The first-order valence-corrected chi connectivity index (χ1v) is 19.1. The highest BCUT2D eigenvalue weighted by atomic mass is 32.2. The highest BCUT2D eigenvalue weighted by Gasteiger charge is 2.35. The molecule has 6 atom stereocenters. The van der Waals surface area contributed by atoms with Crippen LogP contribution in [0.4, 0.5) is 0 Å². The Morgan fingerprint density at radius 1 is 0.980 bits per heavy atom. The molecule has 1 aliphatic carbocycles. The average Bonchev–Trinajstić information content (AvgIpc) is 3.11. The van der Waals surface area contributed by atoms with Crippen molar-refractivity contribution in [2.75, 3.05) is 26.3 Å². The third-order valence-electron chi connectivity index (χ3n) is 9.33. The molecule has 0 radical (unpaired) electrons. The minimum Gasteiger partial charge on any atom is -0.390 e. The number of hydrogen-bond donors (Lipinski definition) is 5. The fourth-order valence-corrected chi connectivity index (χ4v) is 7.91. The summed E-state index contributed by atoms with van der Waals surface area (Å²) in [6, 6.07) is 16.1. The summed E-state index contributed by atoms with van der Waals surface area (Å²) >= 11 is 0. The minimum absolute atomic E-state index is 0.0571. The van der Waals surface area contributed by atoms with Crippen molar-refractivity contribution < 1.29 is 33.0 Å². The Morgan fingerprint density at radius 3 is 2.22 bits per heavy atom. The molecule has 0 spiro atoms. The second-order valence-electron chi connectivity index (χ2n) is 13.7. The maximum absolute atomic E-state index is 13.9. The standard InChI is InChI=1S/C38H54N4O7S/c1-4-11-32(39-38(46)34(26-28-12-7-5-8-13-28)41-50(47,48)42-20-22-49-23-21-42)37(45)40-33(36(44)35(43)24-27(2)3)25-29-16-18-31(19-17-29)30-14-9-6-10-15-30/h4-10,12-15,18,27,29,32-36,41,43-44H,1,11,16-17,19-26H2,2-3H3,(H,39,46)(H,40,45)/t29?,32-,33+,34-,35+,36-/m0/s1. The van der Waals surface area contributed by atoms with E-state index in [9.17, 15) is 28.2 Å². The van der Waals surface area contributed by atoms with Crippen LogP contribution in [0, 0.1) is 11.8 Å². The summed E-state index contributed by atoms with van der Waals surface area (Å²) in [5.74, 6) is -0.941. The zero-order chi connectivity index (χ0) is 36.1. The monoisotopic (exact) mass is 710 g/mol. The maximum Gasteiger partial charge on any atom is 0.280 e. The number of aliphatic hydroxyl groups excluding tert-OH is 2. The Bertz CT molecular complexity index is 1510. The van der Waals surface area contributed by atoms with Gasteiger partial charge < -0.3 is 25.6 Å². The molecule has 0 saturated carbocycles. The largest absolute Gasteiger partial charge is 0.390 e. The lowest BCUT2D eigenvalue weighted by Crippen LogP contribution is -2.59. The van der Waals surface area contributed by atoms with Crippen LogP contribution in [0.25, 0.3) is 5.57 Å². The number of hydrogen-bond acceptors (Lipinski definition) is 7. The predicted octanol–water partition coefficient (Wildman–Crippen LogP) is 3.35. The summed E-state index contributed by atoms with van der Waals surface area (Å²) in [4.78, 5) is 27.7. The molecule has 0 bridgehead atoms. The summed E-state index contributed by atoms with van der Waals surface area (Å²) in [7, 11) is -4.05. The number of nitrogens with one attached hydrogen (secondary N) is 3. The van der Waals surface area contributed by atoms with Crippen LogP contribution in [0.15, 0.2) is 79.4 Å². The molecular weight excluding hydrogens is 657 g/mol. The zero-order valence-corrected chi connectivity index (χ0v) is 30.1. The van der Waals surface area contributed by atoms with E-state index in [2.05, 4.69) is 40.1 Å². The fourth-order valence-electron chi connectivity index (χ4n) is 6.58. The van der Waals surface area contributed by atoms with E-state index in [1.165, 1.54) is 21.5 Å². The number of aliphatic hydroxyl groups is 2. The van der Waals surface area contributed by atoms with E-state index in [1.54, 1.807) is 24.3 Å². The van der Waals surface area contributed by atoms with Crippen LogP contribution in [-0.4, -0.2) is 91.4 Å². The first-order valence-electron chi connectivity index (χ1n) is 17.7. The molecule has 2 amide bonds. The lowest BCUT2D eigenvalue weighted by molar-refractivity contribution is -0.131. The Hall–Kier alpha value is -3.39. The summed E-state index contributed by atoms with van der Waals surface area (Å²) in [6.07, 6.45) is 4.83. The number of benzene rings is 2. The summed E-state index contributed by atoms with van der Waals surface area (Å²) in [5.41, 5.74) is 3.19. The van der Waals surface area contributed by atoms with Gasteiger partial charge in [0.05, 0.1) is 25.4 Å². The van der Waals surface area contributed by atoms with E-state index in [4.69, 9.17) is 4.74 Å². The molecule has 12 heteroatoms. The average molecular weight is 711 g/mol. The van der Waals surface area contributed by atoms with E-state index in [1.807, 2.05) is 38.1 Å². The van der Waals surface area contributed by atoms with Gasteiger partial charge >= 0.3 is 0 Å². The van der Waals surface area contributed by atoms with Crippen LogP contribution in [0.1, 0.15) is 63.5 Å². The number of carbonyl (C=O) groups excluding carboxylic acids is 2. The molecule has 1 aliphatic heterocycles. The van der Waals surface area contributed by atoms with E-state index in [0.29, 0.717) is 12.8 Å². The molecule has 2 aliphatic rings. The number of ether oxygens (including phenoxy) is 1. The van der Waals surface area contributed by atoms with Gasteiger partial charge in [-0.05, 0) is 73.5 Å². The smallest absolute Gasteiger partial charge is 0.280 e. The molecule has 274 valence electrons. The van der Waals surface area contributed by atoms with Gasteiger partial charge in [-0.15, -0.1) is 6.58 Å². The van der Waals surface area contributed by atoms with Gasteiger partial charge in [0.25, 0.3) is 10.2 Å². The van der Waals surface area contributed by atoms with Crippen molar-refractivity contribution in [1.29, 1.82) is 0 Å². The first-order chi connectivity index (χ1) is 24.0. The van der Waals surface area contributed by atoms with Crippen molar-refractivity contribution in [3.05, 3.63) is 90.5 Å². The van der Waals surface area contributed by atoms with E-state index >= 15 is 0 Å². The van der Waals surface area contributed by atoms with Crippen molar-refractivity contribution >= 4 is 27.6 Å². The number of amides is 2. The summed E-state index contributed by atoms with van der Waals surface area (Å²) in [5, 5.41) is 28.0. The normalized spacial score (nSPS) is 20.2. The van der Waals surface area contributed by atoms with Gasteiger partial charge in [0.1, 0.15) is 18.2 Å². The Balaban J connectivity index is 1.50. The van der Waals surface area contributed by atoms with Gasteiger partial charge in [0.15, 0.2) is 0 Å². The molecule has 1 unspecified atom stereocenters. The Labute approximate surface area is 297 Å². The molecule has 1 heterocycles. The quantitative estimate of drug-likeness (QED) is 0.149. The van der Waals surface area contributed by atoms with Crippen molar-refractivity contribution in [3.8, 4) is 0 Å². The number of nitrogens with zero attached hydrogens (tertiary/aromatic N) is 1. The first kappa shape index (κ1) is 39.4. The second kappa shape index (κ2) is 19.3. The summed E-state index contributed by atoms with van der Waals surface area (Å²) < 4.78 is 35.7. The predicted molar refractivity (Wildman–Crippen MR) is 195 cm³/mol. The van der Waals surface area contributed by atoms with Gasteiger partial charge in [0.2, 0.25) is 11.8 Å². The van der Waals surface area contributed by atoms with Crippen molar-refractivity contribution in [1.82, 2.24) is 19.7 Å². The van der Waals surface area contributed by atoms with Gasteiger partial charge in [0, 0.05) is 13.1 Å². The third-order valence-corrected chi connectivity index (χ3v) is 11.0. The molecule has 11 nitrogen and oxygen atoms in total. The van der Waals surface area contributed by atoms with Crippen molar-refractivity contribution in [2.45, 2.75) is 89.1 Å². The van der Waals surface area contributed by atoms with Crippen LogP contribution in [-0.2, 0) is 31.0 Å². The zero-order valence-electron chi connectivity index (χ0n) is 29.2. The summed E-state index contributed by atoms with van der Waals surface area (Å²) in [6.45, 7) is 8.50. The second-order valence-corrected chi connectivity index (χ2v) is 15.4. The van der Waals surface area contributed by atoms with Crippen molar-refractivity contribution in [2.24, 2.45) is 11.8 Å². The molecule has 1 fully saturated rings. The Morgan fingerprint density at radius 2 is 1.62 bits per heavy atom. The molecule has 2 aromatic rings. The lowest BCUT2D eigenvalue weighted by Gasteiger charge is -2.33. The van der Waals surface area contributed by atoms with E-state index < -0.39 is 52.4 Å². The van der Waals surface area contributed by atoms with Crippen molar-refractivity contribution in [3.63, 3.8) is 0 Å². The molecule has 0 aromatic heterocycles. The molecular formula is C38H54N4O7S. The number of morpholine rings is 1. The SMILES string of the molecule is C=CC[C@H](NC(=O)[C@H](Cc1ccccc1)NS(=O)(=O)N1CCOCC1)C(=O)N[C@H](CC1CC=C(c2ccccc2)CC1)[C@H](O)[C@H](O)CC(C)C. The Kier molecular flexibility index (Phi) is 15.2. The third kappa shape index (κ3) is 11.9. The van der Waals surface area contributed by atoms with Crippen LogP contribution < -0.4 is 15.4 Å². The van der Waals surface area contributed by atoms with E-state index in [-0.39, 0.29) is 51.0 Å². The van der Waals surface area contributed by atoms with Gasteiger partial charge in [-0.3, -0.25) is 9.59 Å². The van der Waals surface area contributed by atoms with Gasteiger partial charge in [-0.2, -0.15) is 17.4 Å². The number of carbonyl (C=O) groups is 2. The molecule has 2 aromatic carbocycles. The molecule has 1 saturated heterocycles. The van der Waals surface area contributed by atoms with Crippen LogP contribution in [0.5, 0.6) is 0 Å².